The lowest BCUT2D eigenvalue weighted by molar-refractivity contribution is 0.415. The Balaban J connectivity index is 2.38. The molecule has 0 unspecified atom stereocenters. The zero-order valence-corrected chi connectivity index (χ0v) is 10.4. The maximum atomic E-state index is 5.13. The number of aromatic nitrogens is 1. The lowest BCUT2D eigenvalue weighted by atomic mass is 10.1. The third-order valence-electron chi connectivity index (χ3n) is 2.37. The number of aryl methyl sites for hydroxylation is 1. The van der Waals surface area contributed by atoms with Crippen LogP contribution in [-0.2, 0) is 0 Å². The highest BCUT2D eigenvalue weighted by Crippen LogP contribution is 2.30. The van der Waals surface area contributed by atoms with Crippen LogP contribution in [0.5, 0.6) is 5.75 Å². The second kappa shape index (κ2) is 4.53. The highest BCUT2D eigenvalue weighted by molar-refractivity contribution is 7.15. The van der Waals surface area contributed by atoms with Crippen LogP contribution in [0, 0.1) is 6.92 Å². The number of rotatable bonds is 3. The quantitative estimate of drug-likeness (QED) is 0.885. The molecule has 1 aromatic heterocycles. The van der Waals surface area contributed by atoms with E-state index in [0.717, 1.165) is 22.1 Å². The van der Waals surface area contributed by atoms with Crippen molar-refractivity contribution in [3.63, 3.8) is 0 Å². The average Bonchev–Trinajstić information content (AvgIpc) is 2.71. The van der Waals surface area contributed by atoms with Gasteiger partial charge in [-0.2, -0.15) is 0 Å². The molecule has 0 atom stereocenters. The van der Waals surface area contributed by atoms with E-state index in [2.05, 4.69) is 17.2 Å². The molecule has 0 bridgehead atoms. The first kappa shape index (κ1) is 11.0. The summed E-state index contributed by atoms with van der Waals surface area (Å²) in [5.74, 6) is 0.866. The summed E-state index contributed by atoms with van der Waals surface area (Å²) in [6.07, 6.45) is 0. The third kappa shape index (κ3) is 2.02. The Kier molecular flexibility index (Phi) is 3.10. The highest BCUT2D eigenvalue weighted by Gasteiger charge is 2.08. The van der Waals surface area contributed by atoms with Gasteiger partial charge in [0, 0.05) is 17.5 Å². The number of methoxy groups -OCH3 is 1. The molecule has 2 rings (SSSR count). The monoisotopic (exact) mass is 234 g/mol. The standard InChI is InChI=1S/C12H14N2OS/c1-8-11(14-12(13-2)16-8)9-4-6-10(15-3)7-5-9/h4-7H,1-3H3,(H,13,14). The van der Waals surface area contributed by atoms with Crippen molar-refractivity contribution in [2.24, 2.45) is 0 Å². The second-order valence-electron chi connectivity index (χ2n) is 3.40. The Morgan fingerprint density at radius 2 is 1.94 bits per heavy atom. The topological polar surface area (TPSA) is 34.2 Å². The molecule has 0 aliphatic rings. The molecule has 0 radical (unpaired) electrons. The fraction of sp³-hybridized carbons (Fsp3) is 0.250. The average molecular weight is 234 g/mol. The van der Waals surface area contributed by atoms with Crippen molar-refractivity contribution in [1.29, 1.82) is 0 Å². The van der Waals surface area contributed by atoms with Crippen LogP contribution in [0.25, 0.3) is 11.3 Å². The van der Waals surface area contributed by atoms with Gasteiger partial charge < -0.3 is 10.1 Å². The first-order chi connectivity index (χ1) is 7.74. The highest BCUT2D eigenvalue weighted by atomic mass is 32.1. The Bertz CT molecular complexity index is 476. The number of anilines is 1. The predicted octanol–water partition coefficient (Wildman–Crippen LogP) is 3.17. The number of ether oxygens (including phenoxy) is 1. The number of hydrogen-bond acceptors (Lipinski definition) is 4. The van der Waals surface area contributed by atoms with Crippen LogP contribution in [-0.4, -0.2) is 19.1 Å². The van der Waals surface area contributed by atoms with E-state index in [1.54, 1.807) is 18.4 Å². The molecule has 0 aliphatic heterocycles. The largest absolute Gasteiger partial charge is 0.497 e. The van der Waals surface area contributed by atoms with E-state index >= 15 is 0 Å². The Hall–Kier alpha value is -1.55. The molecule has 16 heavy (non-hydrogen) atoms. The van der Waals surface area contributed by atoms with Crippen molar-refractivity contribution in [1.82, 2.24) is 4.98 Å². The van der Waals surface area contributed by atoms with Crippen molar-refractivity contribution in [2.45, 2.75) is 6.92 Å². The van der Waals surface area contributed by atoms with Crippen LogP contribution < -0.4 is 10.1 Å². The van der Waals surface area contributed by atoms with Crippen LogP contribution in [0.3, 0.4) is 0 Å². The Labute approximate surface area is 99.1 Å². The van der Waals surface area contributed by atoms with E-state index in [-0.39, 0.29) is 0 Å². The van der Waals surface area contributed by atoms with Crippen molar-refractivity contribution < 1.29 is 4.74 Å². The van der Waals surface area contributed by atoms with E-state index in [9.17, 15) is 0 Å². The van der Waals surface area contributed by atoms with Gasteiger partial charge >= 0.3 is 0 Å². The summed E-state index contributed by atoms with van der Waals surface area (Å²) >= 11 is 1.67. The lowest BCUT2D eigenvalue weighted by Crippen LogP contribution is -1.87. The summed E-state index contributed by atoms with van der Waals surface area (Å²) < 4.78 is 5.13. The first-order valence-electron chi connectivity index (χ1n) is 5.04. The SMILES string of the molecule is CNc1nc(-c2ccc(OC)cc2)c(C)s1. The number of benzene rings is 1. The number of nitrogens with one attached hydrogen (secondary N) is 1. The summed E-state index contributed by atoms with van der Waals surface area (Å²) in [5, 5.41) is 4.01. The van der Waals surface area contributed by atoms with Gasteiger partial charge in [0.05, 0.1) is 12.8 Å². The summed E-state index contributed by atoms with van der Waals surface area (Å²) in [6, 6.07) is 7.96. The fourth-order valence-corrected chi connectivity index (χ4v) is 2.31. The third-order valence-corrected chi connectivity index (χ3v) is 3.36. The van der Waals surface area contributed by atoms with Gasteiger partial charge in [-0.3, -0.25) is 0 Å². The van der Waals surface area contributed by atoms with E-state index < -0.39 is 0 Å². The zero-order chi connectivity index (χ0) is 11.5. The molecule has 0 spiro atoms. The summed E-state index contributed by atoms with van der Waals surface area (Å²) in [5.41, 5.74) is 2.16. The van der Waals surface area contributed by atoms with Gasteiger partial charge in [0.25, 0.3) is 0 Å². The molecule has 1 N–H and O–H groups in total. The summed E-state index contributed by atoms with van der Waals surface area (Å²) in [4.78, 5) is 5.74. The number of thiazole rings is 1. The minimum absolute atomic E-state index is 0.866. The minimum Gasteiger partial charge on any atom is -0.497 e. The van der Waals surface area contributed by atoms with E-state index in [0.29, 0.717) is 0 Å². The molecule has 84 valence electrons. The van der Waals surface area contributed by atoms with Gasteiger partial charge in [0.1, 0.15) is 5.75 Å². The van der Waals surface area contributed by atoms with Crippen LogP contribution >= 0.6 is 11.3 Å². The van der Waals surface area contributed by atoms with Crippen molar-refractivity contribution in [2.75, 3.05) is 19.5 Å². The minimum atomic E-state index is 0.866. The van der Waals surface area contributed by atoms with Crippen LogP contribution in [0.2, 0.25) is 0 Å². The second-order valence-corrected chi connectivity index (χ2v) is 4.61. The molecule has 3 nitrogen and oxygen atoms in total. The summed E-state index contributed by atoms with van der Waals surface area (Å²) in [7, 11) is 3.55. The molecular formula is C12H14N2OS. The van der Waals surface area contributed by atoms with Gasteiger partial charge in [0.2, 0.25) is 0 Å². The smallest absolute Gasteiger partial charge is 0.183 e. The van der Waals surface area contributed by atoms with Crippen LogP contribution in [0.4, 0.5) is 5.13 Å². The molecule has 0 saturated heterocycles. The van der Waals surface area contributed by atoms with Crippen LogP contribution in [0.1, 0.15) is 4.88 Å². The maximum Gasteiger partial charge on any atom is 0.183 e. The van der Waals surface area contributed by atoms with E-state index in [1.165, 1.54) is 4.88 Å². The summed E-state index contributed by atoms with van der Waals surface area (Å²) in [6.45, 7) is 2.08. The lowest BCUT2D eigenvalue weighted by Gasteiger charge is -2.01. The van der Waals surface area contributed by atoms with Gasteiger partial charge in [0.15, 0.2) is 5.13 Å². The van der Waals surface area contributed by atoms with E-state index in [1.807, 2.05) is 31.3 Å². The predicted molar refractivity (Wildman–Crippen MR) is 68.4 cm³/mol. The van der Waals surface area contributed by atoms with Crippen LogP contribution in [0.15, 0.2) is 24.3 Å². The number of hydrogen-bond donors (Lipinski definition) is 1. The fourth-order valence-electron chi connectivity index (χ4n) is 1.52. The zero-order valence-electron chi connectivity index (χ0n) is 9.57. The molecule has 0 aliphatic carbocycles. The van der Waals surface area contributed by atoms with Gasteiger partial charge in [-0.15, -0.1) is 11.3 Å². The molecule has 0 amide bonds. The molecule has 1 heterocycles. The molecule has 2 aromatic rings. The van der Waals surface area contributed by atoms with Crippen molar-refractivity contribution >= 4 is 16.5 Å². The molecule has 0 saturated carbocycles. The Morgan fingerprint density at radius 1 is 1.25 bits per heavy atom. The molecular weight excluding hydrogens is 220 g/mol. The van der Waals surface area contributed by atoms with Gasteiger partial charge in [-0.1, -0.05) is 0 Å². The molecule has 4 heteroatoms. The number of nitrogens with zero attached hydrogens (tertiary/aromatic N) is 1. The van der Waals surface area contributed by atoms with E-state index in [4.69, 9.17) is 4.74 Å². The van der Waals surface area contributed by atoms with Gasteiger partial charge in [-0.25, -0.2) is 4.98 Å². The molecule has 0 fully saturated rings. The maximum absolute atomic E-state index is 5.13. The van der Waals surface area contributed by atoms with Crippen molar-refractivity contribution in [3.05, 3.63) is 29.1 Å². The van der Waals surface area contributed by atoms with Gasteiger partial charge in [-0.05, 0) is 31.2 Å². The normalized spacial score (nSPS) is 10.2. The Morgan fingerprint density at radius 3 is 2.44 bits per heavy atom. The van der Waals surface area contributed by atoms with Crippen molar-refractivity contribution in [3.8, 4) is 17.0 Å². The first-order valence-corrected chi connectivity index (χ1v) is 5.86. The molecule has 1 aromatic carbocycles.